The van der Waals surface area contributed by atoms with Crippen molar-refractivity contribution in [1.29, 1.82) is 0 Å². The zero-order valence-electron chi connectivity index (χ0n) is 16.4. The van der Waals surface area contributed by atoms with Crippen molar-refractivity contribution in [2.75, 3.05) is 13.1 Å². The first-order valence-electron chi connectivity index (χ1n) is 10.1. The zero-order chi connectivity index (χ0) is 19.5. The summed E-state index contributed by atoms with van der Waals surface area (Å²) in [5, 5.41) is 1.71. The minimum absolute atomic E-state index is 0.250. The fraction of sp³-hybridized carbons (Fsp3) is 0.375. The molecule has 3 aromatic rings. The Labute approximate surface area is 171 Å². The van der Waals surface area contributed by atoms with Crippen LogP contribution in [0.2, 0.25) is 5.02 Å². The first-order valence-corrected chi connectivity index (χ1v) is 10.5. The van der Waals surface area contributed by atoms with Crippen molar-refractivity contribution in [3.05, 3.63) is 70.9 Å². The number of ketones is 1. The van der Waals surface area contributed by atoms with E-state index in [9.17, 15) is 4.79 Å². The van der Waals surface area contributed by atoms with Gasteiger partial charge in [0.25, 0.3) is 0 Å². The van der Waals surface area contributed by atoms with Crippen LogP contribution in [0, 0.1) is 5.92 Å². The van der Waals surface area contributed by atoms with Crippen LogP contribution >= 0.6 is 11.6 Å². The molecule has 1 saturated heterocycles. The van der Waals surface area contributed by atoms with Gasteiger partial charge in [0.1, 0.15) is 0 Å². The highest BCUT2D eigenvalue weighted by molar-refractivity contribution is 6.31. The molecule has 2 aromatic carbocycles. The Kier molecular flexibility index (Phi) is 5.84. The predicted molar refractivity (Wildman–Crippen MR) is 116 cm³/mol. The number of aryl methyl sites for hydroxylation is 1. The lowest BCUT2D eigenvalue weighted by Crippen LogP contribution is -2.33. The topological polar surface area (TPSA) is 25.2 Å². The summed E-state index contributed by atoms with van der Waals surface area (Å²) >= 11 is 6.10. The summed E-state index contributed by atoms with van der Waals surface area (Å²) < 4.78 is 2.00. The number of aromatic nitrogens is 1. The largest absolute Gasteiger partial charge is 0.350 e. The van der Waals surface area contributed by atoms with E-state index in [1.165, 1.54) is 18.4 Å². The van der Waals surface area contributed by atoms with E-state index in [1.54, 1.807) is 0 Å². The SMILES string of the molecule is Cn1cc(C(=O)CCC2CCN(Cc3ccccc3)CC2)c2ccc(Cl)cc21. The lowest BCUT2D eigenvalue weighted by molar-refractivity contribution is 0.0963. The van der Waals surface area contributed by atoms with Crippen molar-refractivity contribution in [1.82, 2.24) is 9.47 Å². The second-order valence-electron chi connectivity index (χ2n) is 7.98. The number of piperidine rings is 1. The molecule has 4 rings (SSSR count). The van der Waals surface area contributed by atoms with Crippen molar-refractivity contribution < 1.29 is 4.79 Å². The van der Waals surface area contributed by atoms with Gasteiger partial charge in [-0.2, -0.15) is 0 Å². The molecule has 1 aromatic heterocycles. The number of likely N-dealkylation sites (tertiary alicyclic amines) is 1. The minimum Gasteiger partial charge on any atom is -0.350 e. The summed E-state index contributed by atoms with van der Waals surface area (Å²) in [4.78, 5) is 15.4. The van der Waals surface area contributed by atoms with E-state index in [0.29, 0.717) is 17.4 Å². The highest BCUT2D eigenvalue weighted by atomic mass is 35.5. The standard InChI is InChI=1S/C24H27ClN2O/c1-26-17-22(21-9-8-20(25)15-23(21)26)24(28)10-7-18-11-13-27(14-12-18)16-19-5-3-2-4-6-19/h2-6,8-9,15,17-18H,7,10-14,16H2,1H3. The zero-order valence-corrected chi connectivity index (χ0v) is 17.2. The number of rotatable bonds is 6. The van der Waals surface area contributed by atoms with Gasteiger partial charge in [-0.05, 0) is 56.0 Å². The Hall–Kier alpha value is -2.10. The maximum absolute atomic E-state index is 12.8. The van der Waals surface area contributed by atoms with E-state index < -0.39 is 0 Å². The number of halogens is 1. The van der Waals surface area contributed by atoms with Gasteiger partial charge in [-0.15, -0.1) is 0 Å². The van der Waals surface area contributed by atoms with Crippen molar-refractivity contribution >= 4 is 28.3 Å². The molecular formula is C24H27ClN2O. The highest BCUT2D eigenvalue weighted by Gasteiger charge is 2.21. The van der Waals surface area contributed by atoms with E-state index in [2.05, 4.69) is 35.2 Å². The lowest BCUT2D eigenvalue weighted by atomic mass is 9.90. The molecule has 0 N–H and O–H groups in total. The molecule has 1 aliphatic heterocycles. The fourth-order valence-electron chi connectivity index (χ4n) is 4.32. The third kappa shape index (κ3) is 4.31. The molecule has 0 atom stereocenters. The third-order valence-electron chi connectivity index (χ3n) is 5.99. The van der Waals surface area contributed by atoms with Crippen LogP contribution in [0.1, 0.15) is 41.6 Å². The molecule has 0 amide bonds. The van der Waals surface area contributed by atoms with Crippen LogP contribution in [0.4, 0.5) is 0 Å². The maximum atomic E-state index is 12.8. The number of nitrogens with zero attached hydrogens (tertiary/aromatic N) is 2. The van der Waals surface area contributed by atoms with Gasteiger partial charge >= 0.3 is 0 Å². The van der Waals surface area contributed by atoms with E-state index in [1.807, 2.05) is 36.0 Å². The van der Waals surface area contributed by atoms with Crippen LogP contribution in [-0.2, 0) is 13.6 Å². The van der Waals surface area contributed by atoms with Gasteiger partial charge in [-0.25, -0.2) is 0 Å². The van der Waals surface area contributed by atoms with Gasteiger partial charge < -0.3 is 4.57 Å². The molecule has 1 aliphatic rings. The van der Waals surface area contributed by atoms with Gasteiger partial charge in [-0.3, -0.25) is 9.69 Å². The van der Waals surface area contributed by atoms with Gasteiger partial charge in [0.05, 0.1) is 0 Å². The Morgan fingerprint density at radius 1 is 1.11 bits per heavy atom. The van der Waals surface area contributed by atoms with Gasteiger partial charge in [0.2, 0.25) is 0 Å². The van der Waals surface area contributed by atoms with Crippen LogP contribution in [0.5, 0.6) is 0 Å². The van der Waals surface area contributed by atoms with Gasteiger partial charge in [0.15, 0.2) is 5.78 Å². The third-order valence-corrected chi connectivity index (χ3v) is 6.22. The van der Waals surface area contributed by atoms with Crippen molar-refractivity contribution in [2.24, 2.45) is 13.0 Å². The molecule has 1 fully saturated rings. The minimum atomic E-state index is 0.250. The predicted octanol–water partition coefficient (Wildman–Crippen LogP) is 5.71. The van der Waals surface area contributed by atoms with E-state index in [4.69, 9.17) is 11.6 Å². The lowest BCUT2D eigenvalue weighted by Gasteiger charge is -2.31. The molecule has 4 heteroatoms. The van der Waals surface area contributed by atoms with Crippen LogP contribution in [-0.4, -0.2) is 28.3 Å². The Bertz CT molecular complexity index is 955. The molecular weight excluding hydrogens is 368 g/mol. The quantitative estimate of drug-likeness (QED) is 0.500. The molecule has 0 saturated carbocycles. The second kappa shape index (κ2) is 8.50. The first kappa shape index (κ1) is 19.2. The number of Topliss-reactive ketones (excluding diaryl/α,β-unsaturated/α-hetero) is 1. The number of hydrogen-bond donors (Lipinski definition) is 0. The Balaban J connectivity index is 1.30. The van der Waals surface area contributed by atoms with Gasteiger partial charge in [0, 0.05) is 47.7 Å². The molecule has 0 spiro atoms. The monoisotopic (exact) mass is 394 g/mol. The molecule has 0 unspecified atom stereocenters. The van der Waals surface area contributed by atoms with E-state index in [0.717, 1.165) is 42.5 Å². The van der Waals surface area contributed by atoms with Crippen LogP contribution < -0.4 is 0 Å². The van der Waals surface area contributed by atoms with Crippen molar-refractivity contribution in [3.63, 3.8) is 0 Å². The smallest absolute Gasteiger partial charge is 0.165 e. The number of carbonyl (C=O) groups excluding carboxylic acids is 1. The first-order chi connectivity index (χ1) is 13.6. The van der Waals surface area contributed by atoms with Gasteiger partial charge in [-0.1, -0.05) is 48.0 Å². The average molecular weight is 395 g/mol. The van der Waals surface area contributed by atoms with E-state index >= 15 is 0 Å². The molecule has 146 valence electrons. The number of benzene rings is 2. The molecule has 28 heavy (non-hydrogen) atoms. The highest BCUT2D eigenvalue weighted by Crippen LogP contribution is 2.28. The molecule has 0 bridgehead atoms. The Morgan fingerprint density at radius 2 is 1.86 bits per heavy atom. The summed E-state index contributed by atoms with van der Waals surface area (Å²) in [6.07, 6.45) is 5.94. The molecule has 0 radical (unpaired) electrons. The summed E-state index contributed by atoms with van der Waals surface area (Å²) in [5.41, 5.74) is 3.23. The average Bonchev–Trinajstić information content (AvgIpc) is 3.04. The van der Waals surface area contributed by atoms with Crippen LogP contribution in [0.15, 0.2) is 54.7 Å². The summed E-state index contributed by atoms with van der Waals surface area (Å²) in [7, 11) is 1.97. The summed E-state index contributed by atoms with van der Waals surface area (Å²) in [6, 6.07) is 16.4. The van der Waals surface area contributed by atoms with Crippen molar-refractivity contribution in [2.45, 2.75) is 32.2 Å². The summed E-state index contributed by atoms with van der Waals surface area (Å²) in [5.74, 6) is 0.903. The normalized spacial score (nSPS) is 15.9. The summed E-state index contributed by atoms with van der Waals surface area (Å²) in [6.45, 7) is 3.28. The maximum Gasteiger partial charge on any atom is 0.165 e. The fourth-order valence-corrected chi connectivity index (χ4v) is 4.49. The number of fused-ring (bicyclic) bond motifs is 1. The Morgan fingerprint density at radius 3 is 2.61 bits per heavy atom. The molecule has 3 nitrogen and oxygen atoms in total. The van der Waals surface area contributed by atoms with E-state index in [-0.39, 0.29) is 5.78 Å². The van der Waals surface area contributed by atoms with Crippen molar-refractivity contribution in [3.8, 4) is 0 Å². The second-order valence-corrected chi connectivity index (χ2v) is 8.42. The molecule has 0 aliphatic carbocycles. The number of hydrogen-bond acceptors (Lipinski definition) is 2. The number of carbonyl (C=O) groups is 1. The van der Waals surface area contributed by atoms with Crippen LogP contribution in [0.25, 0.3) is 10.9 Å². The molecule has 2 heterocycles. The van der Waals surface area contributed by atoms with Crippen LogP contribution in [0.3, 0.4) is 0 Å².